The molecular formula is C8H2BrClF3NS. The molecule has 80 valence electrons. The van der Waals surface area contributed by atoms with E-state index in [2.05, 4.69) is 15.9 Å². The Labute approximate surface area is 101 Å². The molecule has 0 saturated carbocycles. The zero-order valence-electron chi connectivity index (χ0n) is 6.90. The Hall–Kier alpha value is -0.380. The molecule has 0 radical (unpaired) electrons. The van der Waals surface area contributed by atoms with Crippen molar-refractivity contribution in [3.8, 4) is 6.07 Å². The first kappa shape index (κ1) is 12.7. The lowest BCUT2D eigenvalue weighted by Crippen LogP contribution is -2.00. The van der Waals surface area contributed by atoms with Gasteiger partial charge >= 0.3 is 5.51 Å². The molecule has 0 aliphatic heterocycles. The summed E-state index contributed by atoms with van der Waals surface area (Å²) >= 11 is 8.35. The molecule has 0 aliphatic rings. The normalized spacial score (nSPS) is 11.2. The molecule has 0 aromatic heterocycles. The van der Waals surface area contributed by atoms with E-state index in [1.165, 1.54) is 12.1 Å². The summed E-state index contributed by atoms with van der Waals surface area (Å²) in [6, 6.07) is 4.22. The quantitative estimate of drug-likeness (QED) is 0.708. The maximum Gasteiger partial charge on any atom is 0.446 e. The van der Waals surface area contributed by atoms with E-state index >= 15 is 0 Å². The van der Waals surface area contributed by atoms with Crippen LogP contribution in [0.5, 0.6) is 0 Å². The monoisotopic (exact) mass is 315 g/mol. The molecule has 0 atom stereocenters. The van der Waals surface area contributed by atoms with Gasteiger partial charge in [-0.05, 0) is 39.8 Å². The van der Waals surface area contributed by atoms with E-state index in [-0.39, 0.29) is 27.2 Å². The van der Waals surface area contributed by atoms with Gasteiger partial charge in [-0.15, -0.1) is 0 Å². The van der Waals surface area contributed by atoms with Gasteiger partial charge in [-0.2, -0.15) is 18.4 Å². The van der Waals surface area contributed by atoms with Crippen molar-refractivity contribution in [2.75, 3.05) is 0 Å². The van der Waals surface area contributed by atoms with Gasteiger partial charge in [-0.3, -0.25) is 0 Å². The molecule has 1 aromatic rings. The minimum atomic E-state index is -4.43. The summed E-state index contributed by atoms with van der Waals surface area (Å²) in [7, 11) is 0. The molecule has 15 heavy (non-hydrogen) atoms. The molecule has 0 spiro atoms. The van der Waals surface area contributed by atoms with Gasteiger partial charge in [0, 0.05) is 9.37 Å². The van der Waals surface area contributed by atoms with Crippen molar-refractivity contribution in [1.82, 2.24) is 0 Å². The third-order valence-electron chi connectivity index (χ3n) is 1.39. The molecule has 0 fully saturated rings. The second-order valence-corrected chi connectivity index (χ2v) is 4.73. The highest BCUT2D eigenvalue weighted by Crippen LogP contribution is 2.41. The Morgan fingerprint density at radius 1 is 1.40 bits per heavy atom. The molecular weight excluding hydrogens is 315 g/mol. The molecule has 0 N–H and O–H groups in total. The van der Waals surface area contributed by atoms with Crippen molar-refractivity contribution in [3.63, 3.8) is 0 Å². The highest BCUT2D eigenvalue weighted by molar-refractivity contribution is 9.10. The number of nitriles is 1. The summed E-state index contributed by atoms with van der Waals surface area (Å²) in [6.07, 6.45) is 0. The van der Waals surface area contributed by atoms with Gasteiger partial charge in [0.05, 0.1) is 10.6 Å². The molecule has 1 nitrogen and oxygen atoms in total. The number of nitrogens with zero attached hydrogens (tertiary/aromatic N) is 1. The van der Waals surface area contributed by atoms with Crippen molar-refractivity contribution < 1.29 is 13.2 Å². The van der Waals surface area contributed by atoms with Crippen LogP contribution in [0.25, 0.3) is 0 Å². The van der Waals surface area contributed by atoms with E-state index in [4.69, 9.17) is 16.9 Å². The Kier molecular flexibility index (Phi) is 3.93. The van der Waals surface area contributed by atoms with Crippen LogP contribution in [0.15, 0.2) is 21.5 Å². The number of halogens is 5. The largest absolute Gasteiger partial charge is 0.446 e. The second kappa shape index (κ2) is 4.64. The average molecular weight is 317 g/mol. The van der Waals surface area contributed by atoms with Gasteiger partial charge in [0.2, 0.25) is 0 Å². The maximum atomic E-state index is 12.1. The predicted octanol–water partition coefficient (Wildman–Crippen LogP) is 4.59. The zero-order valence-corrected chi connectivity index (χ0v) is 10.1. The average Bonchev–Trinajstić information content (AvgIpc) is 2.10. The topological polar surface area (TPSA) is 23.8 Å². The molecule has 0 unspecified atom stereocenters. The van der Waals surface area contributed by atoms with E-state index < -0.39 is 5.51 Å². The Morgan fingerprint density at radius 3 is 2.47 bits per heavy atom. The fraction of sp³-hybridized carbons (Fsp3) is 0.125. The lowest BCUT2D eigenvalue weighted by molar-refractivity contribution is -0.0328. The number of benzene rings is 1. The van der Waals surface area contributed by atoms with Crippen LogP contribution in [0.3, 0.4) is 0 Å². The molecule has 0 aliphatic carbocycles. The van der Waals surface area contributed by atoms with E-state index in [0.717, 1.165) is 0 Å². The van der Waals surface area contributed by atoms with E-state index in [0.29, 0.717) is 4.47 Å². The van der Waals surface area contributed by atoms with E-state index in [9.17, 15) is 13.2 Å². The molecule has 1 rings (SSSR count). The van der Waals surface area contributed by atoms with Crippen molar-refractivity contribution in [2.24, 2.45) is 0 Å². The van der Waals surface area contributed by atoms with Crippen molar-refractivity contribution in [3.05, 3.63) is 27.2 Å². The van der Waals surface area contributed by atoms with Crippen LogP contribution >= 0.6 is 39.3 Å². The molecule has 0 saturated heterocycles. The Bertz CT molecular complexity index is 427. The van der Waals surface area contributed by atoms with Crippen LogP contribution in [0.1, 0.15) is 5.56 Å². The first-order chi connectivity index (χ1) is 6.85. The fourth-order valence-electron chi connectivity index (χ4n) is 0.847. The number of rotatable bonds is 1. The summed E-state index contributed by atoms with van der Waals surface area (Å²) in [4.78, 5) is -0.196. The summed E-state index contributed by atoms with van der Waals surface area (Å²) < 4.78 is 36.7. The van der Waals surface area contributed by atoms with Crippen LogP contribution in [0.4, 0.5) is 13.2 Å². The van der Waals surface area contributed by atoms with Crippen molar-refractivity contribution in [2.45, 2.75) is 10.4 Å². The zero-order chi connectivity index (χ0) is 11.6. The van der Waals surface area contributed by atoms with Crippen LogP contribution in [-0.4, -0.2) is 5.51 Å². The van der Waals surface area contributed by atoms with Crippen molar-refractivity contribution >= 4 is 39.3 Å². The molecule has 0 bridgehead atoms. The van der Waals surface area contributed by atoms with Crippen LogP contribution in [0, 0.1) is 11.3 Å². The lowest BCUT2D eigenvalue weighted by Gasteiger charge is -2.08. The summed E-state index contributed by atoms with van der Waals surface area (Å²) in [5.74, 6) is 0. The van der Waals surface area contributed by atoms with E-state index in [1.54, 1.807) is 6.07 Å². The van der Waals surface area contributed by atoms with Crippen molar-refractivity contribution in [1.29, 1.82) is 5.26 Å². The first-order valence-electron chi connectivity index (χ1n) is 3.49. The molecule has 0 heterocycles. The minimum Gasteiger partial charge on any atom is -0.192 e. The van der Waals surface area contributed by atoms with E-state index in [1.807, 2.05) is 0 Å². The lowest BCUT2D eigenvalue weighted by atomic mass is 10.2. The second-order valence-electron chi connectivity index (χ2n) is 2.39. The molecule has 1 aromatic carbocycles. The van der Waals surface area contributed by atoms with Gasteiger partial charge in [0.1, 0.15) is 6.07 Å². The van der Waals surface area contributed by atoms with Gasteiger partial charge in [-0.25, -0.2) is 0 Å². The SMILES string of the molecule is N#Cc1c(SC(F)(F)F)ccc(Br)c1Cl. The fourth-order valence-corrected chi connectivity index (χ4v) is 2.08. The van der Waals surface area contributed by atoms with Gasteiger partial charge in [0.25, 0.3) is 0 Å². The standard InChI is InChI=1S/C8H2BrClF3NS/c9-5-1-2-6(15-8(11,12)13)4(3-14)7(5)10/h1-2H. The number of alkyl halides is 3. The summed E-state index contributed by atoms with van der Waals surface area (Å²) in [5, 5.41) is 8.68. The number of hydrogen-bond acceptors (Lipinski definition) is 2. The smallest absolute Gasteiger partial charge is 0.192 e. The highest BCUT2D eigenvalue weighted by Gasteiger charge is 2.31. The van der Waals surface area contributed by atoms with Gasteiger partial charge in [-0.1, -0.05) is 11.6 Å². The Morgan fingerprint density at radius 2 is 2.00 bits per heavy atom. The Balaban J connectivity index is 3.21. The molecule has 7 heteroatoms. The summed E-state index contributed by atoms with van der Waals surface area (Å²) in [6.45, 7) is 0. The summed E-state index contributed by atoms with van der Waals surface area (Å²) in [5.41, 5.74) is -4.60. The number of hydrogen-bond donors (Lipinski definition) is 0. The first-order valence-corrected chi connectivity index (χ1v) is 5.47. The third kappa shape index (κ3) is 3.30. The van der Waals surface area contributed by atoms with Gasteiger partial charge < -0.3 is 0 Å². The molecule has 0 amide bonds. The number of thioether (sulfide) groups is 1. The third-order valence-corrected chi connectivity index (χ3v) is 3.47. The minimum absolute atomic E-state index is 0.00764. The maximum absolute atomic E-state index is 12.1. The predicted molar refractivity (Wildman–Crippen MR) is 55.8 cm³/mol. The van der Waals surface area contributed by atoms with Gasteiger partial charge in [0.15, 0.2) is 0 Å². The van der Waals surface area contributed by atoms with Crippen LogP contribution in [-0.2, 0) is 0 Å². The van der Waals surface area contributed by atoms with Crippen LogP contribution < -0.4 is 0 Å². The highest BCUT2D eigenvalue weighted by atomic mass is 79.9. The van der Waals surface area contributed by atoms with Crippen LogP contribution in [0.2, 0.25) is 5.02 Å².